The monoisotopic (exact) mass is 366 g/mol. The van der Waals surface area contributed by atoms with Crippen molar-refractivity contribution in [2.24, 2.45) is 0 Å². The first kappa shape index (κ1) is 18.3. The van der Waals surface area contributed by atoms with Gasteiger partial charge < -0.3 is 15.4 Å². The van der Waals surface area contributed by atoms with Crippen molar-refractivity contribution in [2.75, 3.05) is 12.4 Å². The second-order valence-corrected chi connectivity index (χ2v) is 5.85. The summed E-state index contributed by atoms with van der Waals surface area (Å²) >= 11 is 0. The van der Waals surface area contributed by atoms with Crippen LogP contribution < -0.4 is 15.4 Å². The van der Waals surface area contributed by atoms with Crippen LogP contribution in [-0.4, -0.2) is 23.0 Å². The zero-order valence-electron chi connectivity index (χ0n) is 15.0. The molecule has 3 rings (SSSR count). The van der Waals surface area contributed by atoms with E-state index in [-0.39, 0.29) is 24.0 Å². The van der Waals surface area contributed by atoms with Crippen molar-refractivity contribution in [3.8, 4) is 5.75 Å². The number of para-hydroxylation sites is 2. The number of anilines is 2. The fourth-order valence-electron chi connectivity index (χ4n) is 2.48. The van der Waals surface area contributed by atoms with Gasteiger partial charge in [-0.05, 0) is 42.8 Å². The number of aryl methyl sites for hydroxylation is 1. The summed E-state index contributed by atoms with van der Waals surface area (Å²) in [5.41, 5.74) is 2.38. The van der Waals surface area contributed by atoms with Crippen LogP contribution in [0.4, 0.5) is 16.0 Å². The number of methoxy groups -OCH3 is 1. The maximum Gasteiger partial charge on any atom is 0.270 e. The van der Waals surface area contributed by atoms with E-state index in [4.69, 9.17) is 4.74 Å². The van der Waals surface area contributed by atoms with Crippen molar-refractivity contribution in [1.82, 2.24) is 15.3 Å². The Hall–Kier alpha value is -3.48. The van der Waals surface area contributed by atoms with E-state index in [2.05, 4.69) is 20.6 Å². The molecule has 138 valence electrons. The van der Waals surface area contributed by atoms with Gasteiger partial charge in [-0.3, -0.25) is 4.79 Å². The number of carbonyl (C=O) groups excluding carboxylic acids is 1. The fourth-order valence-corrected chi connectivity index (χ4v) is 2.48. The van der Waals surface area contributed by atoms with Crippen LogP contribution >= 0.6 is 0 Å². The number of hydrogen-bond donors (Lipinski definition) is 2. The lowest BCUT2D eigenvalue weighted by Crippen LogP contribution is -2.24. The molecule has 3 aromatic rings. The van der Waals surface area contributed by atoms with Crippen LogP contribution in [0.25, 0.3) is 0 Å². The molecule has 1 aromatic heterocycles. The molecule has 0 bridgehead atoms. The summed E-state index contributed by atoms with van der Waals surface area (Å²) in [6.07, 6.45) is 0. The van der Waals surface area contributed by atoms with Gasteiger partial charge in [-0.2, -0.15) is 0 Å². The quantitative estimate of drug-likeness (QED) is 0.697. The Morgan fingerprint density at radius 1 is 1.11 bits per heavy atom. The third-order valence-corrected chi connectivity index (χ3v) is 3.81. The number of benzene rings is 2. The lowest BCUT2D eigenvalue weighted by atomic mass is 10.2. The first-order chi connectivity index (χ1) is 13.0. The van der Waals surface area contributed by atoms with E-state index < -0.39 is 0 Å². The van der Waals surface area contributed by atoms with Crippen LogP contribution in [0, 0.1) is 12.7 Å². The van der Waals surface area contributed by atoms with Gasteiger partial charge in [0.05, 0.1) is 12.8 Å². The number of nitrogens with zero attached hydrogens (tertiary/aromatic N) is 2. The molecule has 0 radical (unpaired) electrons. The van der Waals surface area contributed by atoms with Crippen molar-refractivity contribution in [1.29, 1.82) is 0 Å². The first-order valence-corrected chi connectivity index (χ1v) is 8.33. The standard InChI is InChI=1S/C20H19FN4O2/c1-13-11-17(19(26)22-12-14-7-9-15(21)10-8-14)25-20(23-13)24-16-5-3-4-6-18(16)27-2/h3-11H,12H2,1-2H3,(H,22,26)(H,23,24,25). The molecule has 0 atom stereocenters. The number of aromatic nitrogens is 2. The minimum Gasteiger partial charge on any atom is -0.495 e. The highest BCUT2D eigenvalue weighted by molar-refractivity contribution is 5.92. The number of carbonyl (C=O) groups is 1. The molecule has 7 heteroatoms. The molecule has 2 aromatic carbocycles. The average Bonchev–Trinajstić information content (AvgIpc) is 2.67. The zero-order valence-corrected chi connectivity index (χ0v) is 15.0. The number of hydrogen-bond acceptors (Lipinski definition) is 5. The Bertz CT molecular complexity index is 945. The summed E-state index contributed by atoms with van der Waals surface area (Å²) in [4.78, 5) is 21.0. The third kappa shape index (κ3) is 4.78. The van der Waals surface area contributed by atoms with Gasteiger partial charge in [0.1, 0.15) is 17.3 Å². The van der Waals surface area contributed by atoms with Gasteiger partial charge in [0, 0.05) is 12.2 Å². The van der Waals surface area contributed by atoms with E-state index in [0.29, 0.717) is 23.1 Å². The number of halogens is 1. The fraction of sp³-hybridized carbons (Fsp3) is 0.150. The summed E-state index contributed by atoms with van der Waals surface area (Å²) < 4.78 is 18.2. The Balaban J connectivity index is 1.74. The van der Waals surface area contributed by atoms with Crippen LogP contribution in [0.2, 0.25) is 0 Å². The summed E-state index contributed by atoms with van der Waals surface area (Å²) in [7, 11) is 1.58. The lowest BCUT2D eigenvalue weighted by Gasteiger charge is -2.11. The smallest absolute Gasteiger partial charge is 0.270 e. The predicted octanol–water partition coefficient (Wildman–Crippen LogP) is 3.61. The molecular weight excluding hydrogens is 347 g/mol. The predicted molar refractivity (Wildman–Crippen MR) is 101 cm³/mol. The van der Waals surface area contributed by atoms with Crippen molar-refractivity contribution >= 4 is 17.5 Å². The highest BCUT2D eigenvalue weighted by atomic mass is 19.1. The van der Waals surface area contributed by atoms with E-state index in [1.807, 2.05) is 24.3 Å². The number of rotatable bonds is 6. The SMILES string of the molecule is COc1ccccc1Nc1nc(C)cc(C(=O)NCc2ccc(F)cc2)n1. The lowest BCUT2D eigenvalue weighted by molar-refractivity contribution is 0.0945. The van der Waals surface area contributed by atoms with E-state index in [0.717, 1.165) is 5.56 Å². The summed E-state index contributed by atoms with van der Waals surface area (Å²) in [6.45, 7) is 2.06. The summed E-state index contributed by atoms with van der Waals surface area (Å²) in [5.74, 6) is 0.285. The number of amides is 1. The van der Waals surface area contributed by atoms with Gasteiger partial charge in [0.25, 0.3) is 5.91 Å². The van der Waals surface area contributed by atoms with Crippen LogP contribution in [0.1, 0.15) is 21.7 Å². The molecule has 0 unspecified atom stereocenters. The zero-order chi connectivity index (χ0) is 19.2. The van der Waals surface area contributed by atoms with Gasteiger partial charge in [-0.1, -0.05) is 24.3 Å². The molecule has 0 saturated heterocycles. The van der Waals surface area contributed by atoms with E-state index in [9.17, 15) is 9.18 Å². The molecule has 1 heterocycles. The normalized spacial score (nSPS) is 10.3. The molecule has 0 aliphatic carbocycles. The van der Waals surface area contributed by atoms with Crippen LogP contribution in [0.5, 0.6) is 5.75 Å². The van der Waals surface area contributed by atoms with Crippen LogP contribution in [0.3, 0.4) is 0 Å². The van der Waals surface area contributed by atoms with Crippen molar-refractivity contribution in [2.45, 2.75) is 13.5 Å². The molecule has 2 N–H and O–H groups in total. The maximum atomic E-state index is 13.0. The third-order valence-electron chi connectivity index (χ3n) is 3.81. The minimum atomic E-state index is -0.340. The van der Waals surface area contributed by atoms with Gasteiger partial charge >= 0.3 is 0 Å². The molecule has 1 amide bonds. The number of nitrogens with one attached hydrogen (secondary N) is 2. The van der Waals surface area contributed by atoms with E-state index in [1.165, 1.54) is 12.1 Å². The minimum absolute atomic E-state index is 0.238. The summed E-state index contributed by atoms with van der Waals surface area (Å²) in [5, 5.41) is 5.84. The molecule has 0 saturated carbocycles. The molecule has 0 fully saturated rings. The van der Waals surface area contributed by atoms with E-state index in [1.54, 1.807) is 32.2 Å². The summed E-state index contributed by atoms with van der Waals surface area (Å²) in [6, 6.07) is 14.9. The van der Waals surface area contributed by atoms with Crippen molar-refractivity contribution < 1.29 is 13.9 Å². The van der Waals surface area contributed by atoms with Crippen LogP contribution in [0.15, 0.2) is 54.6 Å². The molecular formula is C20H19FN4O2. The first-order valence-electron chi connectivity index (χ1n) is 8.33. The Morgan fingerprint density at radius 2 is 1.85 bits per heavy atom. The second-order valence-electron chi connectivity index (χ2n) is 5.85. The highest BCUT2D eigenvalue weighted by Gasteiger charge is 2.12. The maximum absolute atomic E-state index is 13.0. The van der Waals surface area contributed by atoms with E-state index >= 15 is 0 Å². The van der Waals surface area contributed by atoms with Crippen molar-refractivity contribution in [3.05, 3.63) is 77.4 Å². The van der Waals surface area contributed by atoms with Gasteiger partial charge in [-0.25, -0.2) is 14.4 Å². The second kappa shape index (κ2) is 8.27. The number of ether oxygens (including phenoxy) is 1. The Labute approximate surface area is 156 Å². The highest BCUT2D eigenvalue weighted by Crippen LogP contribution is 2.25. The largest absolute Gasteiger partial charge is 0.495 e. The van der Waals surface area contributed by atoms with Crippen molar-refractivity contribution in [3.63, 3.8) is 0 Å². The molecule has 6 nitrogen and oxygen atoms in total. The van der Waals surface area contributed by atoms with Crippen LogP contribution in [-0.2, 0) is 6.54 Å². The average molecular weight is 366 g/mol. The Kier molecular flexibility index (Phi) is 5.61. The molecule has 0 aliphatic rings. The van der Waals surface area contributed by atoms with Gasteiger partial charge in [0.2, 0.25) is 5.95 Å². The van der Waals surface area contributed by atoms with Gasteiger partial charge in [0.15, 0.2) is 0 Å². The molecule has 0 aliphatic heterocycles. The molecule has 27 heavy (non-hydrogen) atoms. The Morgan fingerprint density at radius 3 is 2.59 bits per heavy atom. The van der Waals surface area contributed by atoms with Gasteiger partial charge in [-0.15, -0.1) is 0 Å². The topological polar surface area (TPSA) is 76.1 Å². The molecule has 0 spiro atoms.